The van der Waals surface area contributed by atoms with Crippen LogP contribution in [0.1, 0.15) is 33.1 Å². The lowest BCUT2D eigenvalue weighted by atomic mass is 9.98. The number of amides is 1. The van der Waals surface area contributed by atoms with Gasteiger partial charge >= 0.3 is 0 Å². The van der Waals surface area contributed by atoms with E-state index in [2.05, 4.69) is 18.7 Å². The fourth-order valence-electron chi connectivity index (χ4n) is 2.42. The first-order valence-electron chi connectivity index (χ1n) is 7.14. The van der Waals surface area contributed by atoms with E-state index in [9.17, 15) is 4.79 Å². The van der Waals surface area contributed by atoms with Crippen molar-refractivity contribution in [2.45, 2.75) is 33.1 Å². The molecule has 4 heteroatoms. The van der Waals surface area contributed by atoms with Gasteiger partial charge in [-0.25, -0.2) is 0 Å². The summed E-state index contributed by atoms with van der Waals surface area (Å²) in [6, 6.07) is 0. The van der Waals surface area contributed by atoms with Gasteiger partial charge < -0.3 is 10.0 Å². The summed E-state index contributed by atoms with van der Waals surface area (Å²) in [5.41, 5.74) is 0. The number of carbonyl (C=O) groups excluding carboxylic acids is 1. The zero-order chi connectivity index (χ0) is 13.5. The number of likely N-dealkylation sites (N-methyl/N-ethyl adjacent to an activating group) is 1. The molecule has 1 aliphatic heterocycles. The molecule has 0 saturated carbocycles. The molecule has 106 valence electrons. The molecule has 0 radical (unpaired) electrons. The first kappa shape index (κ1) is 15.4. The smallest absolute Gasteiger partial charge is 0.236 e. The van der Waals surface area contributed by atoms with Crippen LogP contribution in [0.4, 0.5) is 0 Å². The predicted octanol–water partition coefficient (Wildman–Crippen LogP) is 1.20. The van der Waals surface area contributed by atoms with E-state index in [1.165, 1.54) is 0 Å². The van der Waals surface area contributed by atoms with E-state index >= 15 is 0 Å². The number of hydrogen-bond donors (Lipinski definition) is 1. The summed E-state index contributed by atoms with van der Waals surface area (Å²) in [4.78, 5) is 16.2. The number of hydrogen-bond acceptors (Lipinski definition) is 3. The average Bonchev–Trinajstić information content (AvgIpc) is 2.38. The highest BCUT2D eigenvalue weighted by atomic mass is 16.3. The van der Waals surface area contributed by atoms with Crippen LogP contribution < -0.4 is 0 Å². The minimum Gasteiger partial charge on any atom is -0.396 e. The van der Waals surface area contributed by atoms with Crippen LogP contribution in [-0.4, -0.2) is 60.6 Å². The van der Waals surface area contributed by atoms with E-state index in [-0.39, 0.29) is 12.5 Å². The summed E-state index contributed by atoms with van der Waals surface area (Å²) in [6.45, 7) is 7.77. The molecule has 0 aliphatic carbocycles. The van der Waals surface area contributed by atoms with Gasteiger partial charge in [-0.3, -0.25) is 9.69 Å². The van der Waals surface area contributed by atoms with Gasteiger partial charge in [-0.2, -0.15) is 0 Å². The number of aliphatic hydroxyl groups excluding tert-OH is 1. The van der Waals surface area contributed by atoms with Gasteiger partial charge in [0.1, 0.15) is 0 Å². The van der Waals surface area contributed by atoms with E-state index in [1.807, 2.05) is 11.9 Å². The van der Waals surface area contributed by atoms with Crippen molar-refractivity contribution in [3.8, 4) is 0 Å². The third-order valence-electron chi connectivity index (χ3n) is 3.95. The summed E-state index contributed by atoms with van der Waals surface area (Å²) < 4.78 is 0. The highest BCUT2D eigenvalue weighted by Gasteiger charge is 2.22. The molecule has 18 heavy (non-hydrogen) atoms. The van der Waals surface area contributed by atoms with Crippen molar-refractivity contribution >= 4 is 5.91 Å². The molecule has 1 aliphatic rings. The normalized spacial score (nSPS) is 19.3. The molecule has 1 fully saturated rings. The quantitative estimate of drug-likeness (QED) is 0.776. The minimum absolute atomic E-state index is 0.234. The SMILES string of the molecule is CCC(C)CN(C)CC(=O)N1CCC(CO)CC1. The third-order valence-corrected chi connectivity index (χ3v) is 3.95. The van der Waals surface area contributed by atoms with Crippen molar-refractivity contribution in [2.24, 2.45) is 11.8 Å². The van der Waals surface area contributed by atoms with E-state index in [4.69, 9.17) is 5.11 Å². The van der Waals surface area contributed by atoms with E-state index in [0.29, 0.717) is 18.4 Å². The highest BCUT2D eigenvalue weighted by molar-refractivity contribution is 5.78. The molecule has 0 aromatic heterocycles. The second kappa shape index (κ2) is 7.74. The van der Waals surface area contributed by atoms with Crippen LogP contribution in [0.15, 0.2) is 0 Å². The van der Waals surface area contributed by atoms with Crippen LogP contribution in [-0.2, 0) is 4.79 Å². The molecule has 1 N–H and O–H groups in total. The van der Waals surface area contributed by atoms with Crippen molar-refractivity contribution in [3.63, 3.8) is 0 Å². The van der Waals surface area contributed by atoms with Gasteiger partial charge in [0.15, 0.2) is 0 Å². The molecule has 1 amide bonds. The Kier molecular flexibility index (Phi) is 6.65. The first-order chi connectivity index (χ1) is 8.56. The van der Waals surface area contributed by atoms with Crippen molar-refractivity contribution in [1.82, 2.24) is 9.80 Å². The summed E-state index contributed by atoms with van der Waals surface area (Å²) in [7, 11) is 2.02. The van der Waals surface area contributed by atoms with Gasteiger partial charge in [-0.05, 0) is 31.7 Å². The first-order valence-corrected chi connectivity index (χ1v) is 7.14. The molecule has 0 aromatic carbocycles. The average molecular weight is 256 g/mol. The monoisotopic (exact) mass is 256 g/mol. The molecule has 0 spiro atoms. The van der Waals surface area contributed by atoms with Gasteiger partial charge in [0.05, 0.1) is 6.54 Å². The molecule has 1 atom stereocenters. The molecule has 0 aromatic rings. The molecule has 1 unspecified atom stereocenters. The molecule has 1 saturated heterocycles. The molecule has 1 rings (SSSR count). The van der Waals surface area contributed by atoms with E-state index in [0.717, 1.165) is 38.9 Å². The lowest BCUT2D eigenvalue weighted by molar-refractivity contribution is -0.133. The zero-order valence-corrected chi connectivity index (χ0v) is 12.1. The minimum atomic E-state index is 0.234. The van der Waals surface area contributed by atoms with E-state index < -0.39 is 0 Å². The summed E-state index contributed by atoms with van der Waals surface area (Å²) >= 11 is 0. The maximum absolute atomic E-state index is 12.1. The Bertz CT molecular complexity index is 250. The Morgan fingerprint density at radius 2 is 2.06 bits per heavy atom. The Hall–Kier alpha value is -0.610. The number of piperidine rings is 1. The molecule has 0 bridgehead atoms. The zero-order valence-electron chi connectivity index (χ0n) is 12.1. The molecule has 1 heterocycles. The van der Waals surface area contributed by atoms with Crippen LogP contribution in [0.3, 0.4) is 0 Å². The predicted molar refractivity (Wildman–Crippen MR) is 73.3 cm³/mol. The second-order valence-electron chi connectivity index (χ2n) is 5.72. The van der Waals surface area contributed by atoms with Crippen LogP contribution in [0.5, 0.6) is 0 Å². The third kappa shape index (κ3) is 4.94. The van der Waals surface area contributed by atoms with Crippen LogP contribution in [0, 0.1) is 11.8 Å². The Labute approximate surface area is 111 Å². The number of carbonyl (C=O) groups is 1. The maximum atomic E-state index is 12.1. The topological polar surface area (TPSA) is 43.8 Å². The molecular weight excluding hydrogens is 228 g/mol. The van der Waals surface area contributed by atoms with Crippen LogP contribution >= 0.6 is 0 Å². The van der Waals surface area contributed by atoms with E-state index in [1.54, 1.807) is 0 Å². The fraction of sp³-hybridized carbons (Fsp3) is 0.929. The molecular formula is C14H28N2O2. The Morgan fingerprint density at radius 1 is 1.44 bits per heavy atom. The summed E-state index contributed by atoms with van der Waals surface area (Å²) in [5, 5.41) is 9.08. The van der Waals surface area contributed by atoms with Gasteiger partial charge in [0.25, 0.3) is 0 Å². The van der Waals surface area contributed by atoms with Gasteiger partial charge in [0, 0.05) is 26.2 Å². The lowest BCUT2D eigenvalue weighted by Gasteiger charge is -2.32. The van der Waals surface area contributed by atoms with Crippen LogP contribution in [0.2, 0.25) is 0 Å². The summed E-state index contributed by atoms with van der Waals surface area (Å²) in [6.07, 6.45) is 3.04. The lowest BCUT2D eigenvalue weighted by Crippen LogP contribution is -2.44. The second-order valence-corrected chi connectivity index (χ2v) is 5.72. The van der Waals surface area contributed by atoms with Crippen LogP contribution in [0.25, 0.3) is 0 Å². The maximum Gasteiger partial charge on any atom is 0.236 e. The van der Waals surface area contributed by atoms with Crippen molar-refractivity contribution < 1.29 is 9.90 Å². The summed E-state index contributed by atoms with van der Waals surface area (Å²) in [5.74, 6) is 1.27. The molecule has 4 nitrogen and oxygen atoms in total. The Morgan fingerprint density at radius 3 is 2.56 bits per heavy atom. The van der Waals surface area contributed by atoms with Gasteiger partial charge in [-0.1, -0.05) is 20.3 Å². The Balaban J connectivity index is 2.28. The van der Waals surface area contributed by atoms with Gasteiger partial charge in [-0.15, -0.1) is 0 Å². The van der Waals surface area contributed by atoms with Crippen molar-refractivity contribution in [2.75, 3.05) is 39.8 Å². The number of rotatable bonds is 6. The number of likely N-dealkylation sites (tertiary alicyclic amines) is 1. The van der Waals surface area contributed by atoms with Crippen molar-refractivity contribution in [3.05, 3.63) is 0 Å². The van der Waals surface area contributed by atoms with Crippen molar-refractivity contribution in [1.29, 1.82) is 0 Å². The highest BCUT2D eigenvalue weighted by Crippen LogP contribution is 2.16. The number of nitrogens with zero attached hydrogens (tertiary/aromatic N) is 2. The largest absolute Gasteiger partial charge is 0.396 e. The number of aliphatic hydroxyl groups is 1. The standard InChI is InChI=1S/C14H28N2O2/c1-4-12(2)9-15(3)10-14(18)16-7-5-13(11-17)6-8-16/h12-13,17H,4-11H2,1-3H3. The fourth-order valence-corrected chi connectivity index (χ4v) is 2.42. The van der Waals surface area contributed by atoms with Gasteiger partial charge in [0.2, 0.25) is 5.91 Å².